The van der Waals surface area contributed by atoms with Crippen LogP contribution in [0.2, 0.25) is 0 Å². The molecule has 8 heteroatoms. The number of carboxylic acid groups (broad SMARTS) is 1. The summed E-state index contributed by atoms with van der Waals surface area (Å²) in [5.41, 5.74) is 0.367. The van der Waals surface area contributed by atoms with Gasteiger partial charge in [-0.2, -0.15) is 0 Å². The second-order valence-electron chi connectivity index (χ2n) is 5.64. The van der Waals surface area contributed by atoms with E-state index in [4.69, 9.17) is 14.6 Å². The van der Waals surface area contributed by atoms with Crippen molar-refractivity contribution in [2.24, 2.45) is 0 Å². The second kappa shape index (κ2) is 8.98. The number of carboxylic acids is 1. The minimum atomic E-state index is -1.14. The molecule has 0 spiro atoms. The number of hydrogen-bond acceptors (Lipinski definition) is 4. The Morgan fingerprint density at radius 3 is 2.48 bits per heavy atom. The molecule has 0 saturated carbocycles. The highest BCUT2D eigenvalue weighted by Crippen LogP contribution is 2.29. The Labute approximate surface area is 154 Å². The summed E-state index contributed by atoms with van der Waals surface area (Å²) in [6.45, 7) is 3.04. The molecule has 0 fully saturated rings. The first-order valence-corrected chi connectivity index (χ1v) is 8.19. The monoisotopic (exact) mass is 379 g/mol. The summed E-state index contributed by atoms with van der Waals surface area (Å²) in [7, 11) is 0. The summed E-state index contributed by atoms with van der Waals surface area (Å²) < 4.78 is 37.4. The van der Waals surface area contributed by atoms with Crippen LogP contribution in [0, 0.1) is 11.6 Å². The van der Waals surface area contributed by atoms with Crippen molar-refractivity contribution < 1.29 is 33.0 Å². The van der Waals surface area contributed by atoms with Gasteiger partial charge >= 0.3 is 5.97 Å². The highest BCUT2D eigenvalue weighted by molar-refractivity contribution is 5.95. The number of halogens is 2. The highest BCUT2D eigenvalue weighted by atomic mass is 19.1. The SMILES string of the molecule is CCOc1cc(C(=O)NC(C)c2ccc(F)cc2F)ccc1OCC(=O)O. The van der Waals surface area contributed by atoms with Crippen LogP contribution in [0.15, 0.2) is 36.4 Å². The lowest BCUT2D eigenvalue weighted by Crippen LogP contribution is -2.27. The van der Waals surface area contributed by atoms with Gasteiger partial charge in [0.1, 0.15) is 11.6 Å². The molecule has 0 saturated heterocycles. The predicted octanol–water partition coefficient (Wildman–Crippen LogP) is 3.32. The lowest BCUT2D eigenvalue weighted by molar-refractivity contribution is -0.139. The zero-order chi connectivity index (χ0) is 20.0. The zero-order valence-corrected chi connectivity index (χ0v) is 14.8. The van der Waals surface area contributed by atoms with Crippen molar-refractivity contribution in [3.63, 3.8) is 0 Å². The Hall–Kier alpha value is -3.16. The average molecular weight is 379 g/mol. The van der Waals surface area contributed by atoms with Gasteiger partial charge in [0.25, 0.3) is 5.91 Å². The Morgan fingerprint density at radius 1 is 1.11 bits per heavy atom. The van der Waals surface area contributed by atoms with Gasteiger partial charge in [0, 0.05) is 17.2 Å². The van der Waals surface area contributed by atoms with Crippen molar-refractivity contribution in [3.8, 4) is 11.5 Å². The van der Waals surface area contributed by atoms with Crippen LogP contribution in [-0.2, 0) is 4.79 Å². The Bertz CT molecular complexity index is 841. The maximum atomic E-state index is 13.8. The van der Waals surface area contributed by atoms with Crippen molar-refractivity contribution in [3.05, 3.63) is 59.2 Å². The van der Waals surface area contributed by atoms with Gasteiger partial charge in [0.2, 0.25) is 0 Å². The third kappa shape index (κ3) is 5.40. The van der Waals surface area contributed by atoms with Gasteiger partial charge in [-0.25, -0.2) is 13.6 Å². The predicted molar refractivity (Wildman–Crippen MR) is 93.0 cm³/mol. The van der Waals surface area contributed by atoms with Crippen LogP contribution in [0.1, 0.15) is 35.8 Å². The van der Waals surface area contributed by atoms with Gasteiger partial charge in [-0.3, -0.25) is 4.79 Å². The van der Waals surface area contributed by atoms with Gasteiger partial charge in [-0.05, 0) is 38.1 Å². The normalized spacial score (nSPS) is 11.6. The Morgan fingerprint density at radius 2 is 1.85 bits per heavy atom. The molecule has 0 heterocycles. The van der Waals surface area contributed by atoms with Crippen molar-refractivity contribution in [2.45, 2.75) is 19.9 Å². The maximum absolute atomic E-state index is 13.8. The lowest BCUT2D eigenvalue weighted by atomic mass is 10.1. The molecule has 0 aromatic heterocycles. The van der Waals surface area contributed by atoms with E-state index in [-0.39, 0.29) is 29.2 Å². The maximum Gasteiger partial charge on any atom is 0.341 e. The minimum Gasteiger partial charge on any atom is -0.490 e. The van der Waals surface area contributed by atoms with E-state index in [0.717, 1.165) is 12.1 Å². The zero-order valence-electron chi connectivity index (χ0n) is 14.8. The summed E-state index contributed by atoms with van der Waals surface area (Å²) >= 11 is 0. The van der Waals surface area contributed by atoms with Crippen molar-refractivity contribution >= 4 is 11.9 Å². The molecule has 2 N–H and O–H groups in total. The number of amides is 1. The third-order valence-electron chi connectivity index (χ3n) is 3.63. The quantitative estimate of drug-likeness (QED) is 0.735. The van der Waals surface area contributed by atoms with Crippen molar-refractivity contribution in [1.82, 2.24) is 5.32 Å². The molecule has 1 atom stereocenters. The van der Waals surface area contributed by atoms with Crippen LogP contribution in [0.5, 0.6) is 11.5 Å². The number of ether oxygens (including phenoxy) is 2. The first-order valence-electron chi connectivity index (χ1n) is 8.19. The molecule has 2 aromatic rings. The third-order valence-corrected chi connectivity index (χ3v) is 3.63. The fourth-order valence-electron chi connectivity index (χ4n) is 2.39. The number of carbonyl (C=O) groups is 2. The lowest BCUT2D eigenvalue weighted by Gasteiger charge is -2.16. The van der Waals surface area contributed by atoms with E-state index >= 15 is 0 Å². The smallest absolute Gasteiger partial charge is 0.341 e. The molecule has 1 unspecified atom stereocenters. The van der Waals surface area contributed by atoms with Crippen molar-refractivity contribution in [1.29, 1.82) is 0 Å². The minimum absolute atomic E-state index is 0.149. The van der Waals surface area contributed by atoms with E-state index in [1.807, 2.05) is 0 Å². The number of nitrogens with one attached hydrogen (secondary N) is 1. The van der Waals surface area contributed by atoms with Gasteiger partial charge in [0.15, 0.2) is 18.1 Å². The fourth-order valence-corrected chi connectivity index (χ4v) is 2.39. The van der Waals surface area contributed by atoms with Crippen LogP contribution in [0.25, 0.3) is 0 Å². The van der Waals surface area contributed by atoms with E-state index in [9.17, 15) is 18.4 Å². The van der Waals surface area contributed by atoms with Gasteiger partial charge in [0.05, 0.1) is 12.6 Å². The molecule has 0 aliphatic carbocycles. The molecule has 2 rings (SSSR count). The van der Waals surface area contributed by atoms with Crippen LogP contribution in [0.3, 0.4) is 0 Å². The van der Waals surface area contributed by atoms with Crippen LogP contribution in [-0.4, -0.2) is 30.2 Å². The summed E-state index contributed by atoms with van der Waals surface area (Å²) in [4.78, 5) is 23.1. The number of benzene rings is 2. The van der Waals surface area contributed by atoms with Crippen molar-refractivity contribution in [2.75, 3.05) is 13.2 Å². The molecule has 6 nitrogen and oxygen atoms in total. The Kier molecular flexibility index (Phi) is 6.70. The molecule has 2 aromatic carbocycles. The molecular formula is C19H19F2NO5. The summed E-state index contributed by atoms with van der Waals surface area (Å²) in [6.07, 6.45) is 0. The van der Waals surface area contributed by atoms with Crippen LogP contribution in [0.4, 0.5) is 8.78 Å². The first-order chi connectivity index (χ1) is 12.8. The van der Waals surface area contributed by atoms with E-state index in [0.29, 0.717) is 0 Å². The molecule has 0 aliphatic rings. The standard InChI is InChI=1S/C19H19F2NO5/c1-3-26-17-8-12(4-7-16(17)27-10-18(23)24)19(25)22-11(2)14-6-5-13(20)9-15(14)21/h4-9,11H,3,10H2,1-2H3,(H,22,25)(H,23,24). The number of carbonyl (C=O) groups excluding carboxylic acids is 1. The first kappa shape index (κ1) is 20.2. The largest absolute Gasteiger partial charge is 0.490 e. The van der Waals surface area contributed by atoms with E-state index in [1.54, 1.807) is 13.8 Å². The van der Waals surface area contributed by atoms with E-state index < -0.39 is 36.2 Å². The topological polar surface area (TPSA) is 84.9 Å². The number of rotatable bonds is 8. The summed E-state index contributed by atoms with van der Waals surface area (Å²) in [5.74, 6) is -2.70. The summed E-state index contributed by atoms with van der Waals surface area (Å²) in [6, 6.07) is 6.70. The highest BCUT2D eigenvalue weighted by Gasteiger charge is 2.17. The van der Waals surface area contributed by atoms with Crippen LogP contribution >= 0.6 is 0 Å². The molecule has 0 aliphatic heterocycles. The molecule has 27 heavy (non-hydrogen) atoms. The van der Waals surface area contributed by atoms with E-state index in [1.165, 1.54) is 24.3 Å². The van der Waals surface area contributed by atoms with E-state index in [2.05, 4.69) is 5.32 Å². The summed E-state index contributed by atoms with van der Waals surface area (Å²) in [5, 5.41) is 11.3. The molecule has 144 valence electrons. The molecule has 1 amide bonds. The van der Waals surface area contributed by atoms with Gasteiger partial charge in [-0.1, -0.05) is 6.07 Å². The Balaban J connectivity index is 2.17. The number of hydrogen-bond donors (Lipinski definition) is 2. The fraction of sp³-hybridized carbons (Fsp3) is 0.263. The van der Waals surface area contributed by atoms with Gasteiger partial charge in [-0.15, -0.1) is 0 Å². The van der Waals surface area contributed by atoms with Gasteiger partial charge < -0.3 is 19.9 Å². The van der Waals surface area contributed by atoms with Crippen LogP contribution < -0.4 is 14.8 Å². The second-order valence-corrected chi connectivity index (χ2v) is 5.64. The average Bonchev–Trinajstić information content (AvgIpc) is 2.60. The number of aliphatic carboxylic acids is 1. The molecule has 0 bridgehead atoms. The molecular weight excluding hydrogens is 360 g/mol. The molecule has 0 radical (unpaired) electrons.